The van der Waals surface area contributed by atoms with Crippen molar-refractivity contribution in [1.82, 2.24) is 0 Å². The van der Waals surface area contributed by atoms with Gasteiger partial charge in [0.25, 0.3) is 5.92 Å². The van der Waals surface area contributed by atoms with Crippen molar-refractivity contribution in [3.05, 3.63) is 34.3 Å². The summed E-state index contributed by atoms with van der Waals surface area (Å²) in [5.41, 5.74) is 1.20. The number of rotatable bonds is 1. The molecule has 0 saturated heterocycles. The highest BCUT2D eigenvalue weighted by molar-refractivity contribution is 5.43. The van der Waals surface area contributed by atoms with Crippen LogP contribution in [-0.2, 0) is 5.92 Å². The summed E-state index contributed by atoms with van der Waals surface area (Å²) in [7, 11) is 0. The Hall–Kier alpha value is -1.25. The maximum atomic E-state index is 13.5. The van der Waals surface area contributed by atoms with E-state index in [0.29, 0.717) is 17.8 Å². The van der Waals surface area contributed by atoms with E-state index in [0.717, 1.165) is 24.1 Å². The molecule has 1 aromatic rings. The first-order valence-corrected chi connectivity index (χ1v) is 5.91. The molecule has 0 spiro atoms. The second-order valence-electron chi connectivity index (χ2n) is 5.02. The normalized spacial score (nSPS) is 20.5. The lowest BCUT2D eigenvalue weighted by Crippen LogP contribution is -2.34. The van der Waals surface area contributed by atoms with E-state index >= 15 is 0 Å². The summed E-state index contributed by atoms with van der Waals surface area (Å²) in [4.78, 5) is 4.38. The number of fused-ring (bicyclic) bond motifs is 1. The van der Waals surface area contributed by atoms with Crippen LogP contribution in [0.4, 0.5) is 8.78 Å². The summed E-state index contributed by atoms with van der Waals surface area (Å²) in [5.74, 6) is -2.41. The first kappa shape index (κ1) is 12.2. The van der Waals surface area contributed by atoms with Crippen LogP contribution in [0.25, 0.3) is 5.57 Å². The fourth-order valence-corrected chi connectivity index (χ4v) is 2.36. The third kappa shape index (κ3) is 2.38. The molecule has 1 aromatic carbocycles. The molecule has 0 fully saturated rings. The van der Waals surface area contributed by atoms with Crippen LogP contribution in [0.2, 0.25) is 0 Å². The molecule has 0 aromatic heterocycles. The minimum Gasteiger partial charge on any atom is -0.284 e. The third-order valence-electron chi connectivity index (χ3n) is 3.18. The predicted octanol–water partition coefficient (Wildman–Crippen LogP) is 2.63. The Kier molecular flexibility index (Phi) is 3.02. The van der Waals surface area contributed by atoms with Crippen molar-refractivity contribution in [1.29, 1.82) is 0 Å². The van der Waals surface area contributed by atoms with Crippen LogP contribution in [0, 0.1) is 5.92 Å². The molecular formula is C14H17F2N. The summed E-state index contributed by atoms with van der Waals surface area (Å²) in [6.07, 6.45) is 0.926. The Bertz CT molecular complexity index is 540. The van der Waals surface area contributed by atoms with E-state index in [4.69, 9.17) is 0 Å². The standard InChI is InChI=1S/C14H17F2N/c1-9-7-10(2)11-5-4-6-12(14(3,15)16)13(11)17-8-9/h4-6,9H,7-8H2,1-3H3. The number of halogens is 2. The summed E-state index contributed by atoms with van der Waals surface area (Å²) >= 11 is 0. The topological polar surface area (TPSA) is 12.4 Å². The Morgan fingerprint density at radius 3 is 2.71 bits per heavy atom. The first-order valence-electron chi connectivity index (χ1n) is 5.91. The number of para-hydroxylation sites is 1. The second kappa shape index (κ2) is 4.21. The quantitative estimate of drug-likeness (QED) is 0.712. The lowest BCUT2D eigenvalue weighted by Gasteiger charge is -2.11. The lowest BCUT2D eigenvalue weighted by molar-refractivity contribution is 0.0160. The zero-order valence-corrected chi connectivity index (χ0v) is 10.4. The van der Waals surface area contributed by atoms with E-state index in [2.05, 4.69) is 11.9 Å². The molecular weight excluding hydrogens is 220 g/mol. The van der Waals surface area contributed by atoms with Gasteiger partial charge in [-0.15, -0.1) is 0 Å². The van der Waals surface area contributed by atoms with Crippen molar-refractivity contribution in [2.24, 2.45) is 10.9 Å². The van der Waals surface area contributed by atoms with Crippen molar-refractivity contribution in [2.75, 3.05) is 6.54 Å². The summed E-state index contributed by atoms with van der Waals surface area (Å²) < 4.78 is 27.1. The molecule has 1 atom stereocenters. The van der Waals surface area contributed by atoms with Crippen molar-refractivity contribution in [2.45, 2.75) is 33.1 Å². The molecule has 0 amide bonds. The number of hydrogen-bond donors (Lipinski definition) is 0. The van der Waals surface area contributed by atoms with Gasteiger partial charge in [-0.3, -0.25) is 4.99 Å². The Morgan fingerprint density at radius 2 is 2.06 bits per heavy atom. The zero-order valence-electron chi connectivity index (χ0n) is 10.4. The van der Waals surface area contributed by atoms with E-state index in [-0.39, 0.29) is 5.56 Å². The molecule has 0 saturated carbocycles. The van der Waals surface area contributed by atoms with Crippen molar-refractivity contribution in [3.8, 4) is 0 Å². The van der Waals surface area contributed by atoms with Gasteiger partial charge < -0.3 is 0 Å². The number of alkyl halides is 2. The minimum absolute atomic E-state index is 0.0449. The fourth-order valence-electron chi connectivity index (χ4n) is 2.36. The maximum Gasteiger partial charge on any atom is 0.272 e. The molecule has 0 bridgehead atoms. The molecule has 1 heterocycles. The Labute approximate surface area is 99.9 Å². The molecule has 2 rings (SSSR count). The van der Waals surface area contributed by atoms with E-state index in [1.54, 1.807) is 6.07 Å². The van der Waals surface area contributed by atoms with E-state index in [9.17, 15) is 8.78 Å². The van der Waals surface area contributed by atoms with Crippen LogP contribution < -0.4 is 10.6 Å². The average Bonchev–Trinajstić information content (AvgIpc) is 2.37. The maximum absolute atomic E-state index is 13.5. The Balaban J connectivity index is 2.80. The van der Waals surface area contributed by atoms with Gasteiger partial charge in [-0.05, 0) is 24.5 Å². The molecule has 3 heteroatoms. The summed E-state index contributed by atoms with van der Waals surface area (Å²) in [6, 6.07) is 5.06. The molecule has 1 unspecified atom stereocenters. The highest BCUT2D eigenvalue weighted by atomic mass is 19.3. The molecule has 92 valence electrons. The van der Waals surface area contributed by atoms with Gasteiger partial charge in [0.2, 0.25) is 0 Å². The number of hydrogen-bond acceptors (Lipinski definition) is 1. The third-order valence-corrected chi connectivity index (χ3v) is 3.18. The van der Waals surface area contributed by atoms with Gasteiger partial charge >= 0.3 is 0 Å². The SMILES string of the molecule is CC1=c2cccc(C(C)(F)F)c2=NCC(C)C1. The second-order valence-corrected chi connectivity index (χ2v) is 5.02. The van der Waals surface area contributed by atoms with Crippen molar-refractivity contribution >= 4 is 5.57 Å². The van der Waals surface area contributed by atoms with Gasteiger partial charge in [0.15, 0.2) is 0 Å². The summed E-state index contributed by atoms with van der Waals surface area (Å²) in [5, 5.41) is 1.37. The van der Waals surface area contributed by atoms with Crippen LogP contribution in [0.15, 0.2) is 23.2 Å². The van der Waals surface area contributed by atoms with Gasteiger partial charge in [0.1, 0.15) is 0 Å². The molecule has 0 radical (unpaired) electrons. The van der Waals surface area contributed by atoms with E-state index in [1.165, 1.54) is 6.07 Å². The van der Waals surface area contributed by atoms with Crippen LogP contribution in [0.5, 0.6) is 0 Å². The van der Waals surface area contributed by atoms with Crippen molar-refractivity contribution < 1.29 is 8.78 Å². The van der Waals surface area contributed by atoms with Crippen LogP contribution in [0.3, 0.4) is 0 Å². The van der Waals surface area contributed by atoms with Crippen LogP contribution in [0.1, 0.15) is 32.8 Å². The average molecular weight is 237 g/mol. The fraction of sp³-hybridized carbons (Fsp3) is 0.500. The molecule has 0 N–H and O–H groups in total. The highest BCUT2D eigenvalue weighted by Crippen LogP contribution is 2.23. The van der Waals surface area contributed by atoms with E-state index < -0.39 is 5.92 Å². The van der Waals surface area contributed by atoms with Crippen LogP contribution >= 0.6 is 0 Å². The zero-order chi connectivity index (χ0) is 12.6. The van der Waals surface area contributed by atoms with Gasteiger partial charge in [-0.25, -0.2) is 8.78 Å². The Morgan fingerprint density at radius 1 is 1.35 bits per heavy atom. The molecule has 17 heavy (non-hydrogen) atoms. The van der Waals surface area contributed by atoms with Crippen molar-refractivity contribution in [3.63, 3.8) is 0 Å². The molecule has 1 aliphatic rings. The lowest BCUT2D eigenvalue weighted by atomic mass is 10.0. The molecule has 0 aliphatic carbocycles. The van der Waals surface area contributed by atoms with Gasteiger partial charge in [-0.1, -0.05) is 30.7 Å². The smallest absolute Gasteiger partial charge is 0.272 e. The first-order chi connectivity index (χ1) is 7.89. The number of benzene rings is 1. The predicted molar refractivity (Wildman–Crippen MR) is 64.5 cm³/mol. The van der Waals surface area contributed by atoms with Gasteiger partial charge in [-0.2, -0.15) is 0 Å². The summed E-state index contributed by atoms with van der Waals surface area (Å²) in [6.45, 7) is 5.66. The molecule has 1 aliphatic heterocycles. The van der Waals surface area contributed by atoms with Crippen LogP contribution in [-0.4, -0.2) is 6.54 Å². The minimum atomic E-state index is -2.83. The monoisotopic (exact) mass is 237 g/mol. The van der Waals surface area contributed by atoms with E-state index in [1.807, 2.05) is 13.0 Å². The van der Waals surface area contributed by atoms with Gasteiger partial charge in [0.05, 0.1) is 5.36 Å². The molecule has 1 nitrogen and oxygen atoms in total. The number of nitrogens with zero attached hydrogens (tertiary/aromatic N) is 1. The highest BCUT2D eigenvalue weighted by Gasteiger charge is 2.27. The largest absolute Gasteiger partial charge is 0.284 e. The van der Waals surface area contributed by atoms with Gasteiger partial charge in [0, 0.05) is 19.0 Å².